The Kier molecular flexibility index (Phi) is 6.27. The van der Waals surface area contributed by atoms with Crippen LogP contribution in [0.3, 0.4) is 0 Å². The zero-order valence-electron chi connectivity index (χ0n) is 13.1. The number of aromatic hydroxyl groups is 1. The van der Waals surface area contributed by atoms with Crippen molar-refractivity contribution in [2.45, 2.75) is 26.3 Å². The molecule has 3 N–H and O–H groups in total. The fourth-order valence-electron chi connectivity index (χ4n) is 2.13. The molecule has 2 aromatic rings. The van der Waals surface area contributed by atoms with Gasteiger partial charge in [-0.3, -0.25) is 4.99 Å². The molecule has 1 aromatic carbocycles. The molecule has 0 aliphatic heterocycles. The number of hydrogen-bond donors (Lipinski definition) is 3. The van der Waals surface area contributed by atoms with Gasteiger partial charge in [0.1, 0.15) is 5.75 Å². The molecule has 0 saturated heterocycles. The van der Waals surface area contributed by atoms with Gasteiger partial charge in [0.2, 0.25) is 0 Å². The molecule has 0 bridgehead atoms. The van der Waals surface area contributed by atoms with Crippen molar-refractivity contribution in [3.8, 4) is 5.75 Å². The summed E-state index contributed by atoms with van der Waals surface area (Å²) in [5.74, 6) is 1.15. The SMILES string of the molecule is CN=C(NCCCc1ccc(O)cc1)NCc1ccc(C)s1. The highest BCUT2D eigenvalue weighted by atomic mass is 32.1. The van der Waals surface area contributed by atoms with Crippen molar-refractivity contribution in [1.29, 1.82) is 0 Å². The molecule has 0 atom stereocenters. The third-order valence-corrected chi connectivity index (χ3v) is 4.32. The zero-order valence-corrected chi connectivity index (χ0v) is 13.9. The quantitative estimate of drug-likeness (QED) is 0.436. The predicted molar refractivity (Wildman–Crippen MR) is 93.7 cm³/mol. The summed E-state index contributed by atoms with van der Waals surface area (Å²) in [5.41, 5.74) is 1.23. The fraction of sp³-hybridized carbons (Fsp3) is 0.353. The highest BCUT2D eigenvalue weighted by Crippen LogP contribution is 2.14. The largest absolute Gasteiger partial charge is 0.508 e. The Morgan fingerprint density at radius 1 is 1.14 bits per heavy atom. The maximum atomic E-state index is 9.25. The van der Waals surface area contributed by atoms with Gasteiger partial charge in [0.25, 0.3) is 0 Å². The molecule has 1 aromatic heterocycles. The molecule has 5 heteroatoms. The summed E-state index contributed by atoms with van der Waals surface area (Å²) in [6.45, 7) is 3.78. The van der Waals surface area contributed by atoms with Crippen LogP contribution in [0.4, 0.5) is 0 Å². The van der Waals surface area contributed by atoms with Crippen LogP contribution in [0.5, 0.6) is 5.75 Å². The van der Waals surface area contributed by atoms with E-state index in [2.05, 4.69) is 34.7 Å². The zero-order chi connectivity index (χ0) is 15.8. The topological polar surface area (TPSA) is 56.7 Å². The Labute approximate surface area is 135 Å². The second-order valence-corrected chi connectivity index (χ2v) is 6.51. The molecule has 0 radical (unpaired) electrons. The van der Waals surface area contributed by atoms with Crippen LogP contribution >= 0.6 is 11.3 Å². The molecule has 118 valence electrons. The van der Waals surface area contributed by atoms with Crippen LogP contribution < -0.4 is 10.6 Å². The molecule has 0 spiro atoms. The number of aliphatic imine (C=N–C) groups is 1. The van der Waals surface area contributed by atoms with Crippen LogP contribution in [0.25, 0.3) is 0 Å². The van der Waals surface area contributed by atoms with Crippen molar-refractivity contribution in [2.24, 2.45) is 4.99 Å². The Bertz CT molecular complexity index is 605. The lowest BCUT2D eigenvalue weighted by atomic mass is 10.1. The van der Waals surface area contributed by atoms with Crippen LogP contribution in [-0.4, -0.2) is 24.7 Å². The lowest BCUT2D eigenvalue weighted by Gasteiger charge is -2.11. The second kappa shape index (κ2) is 8.44. The lowest BCUT2D eigenvalue weighted by Crippen LogP contribution is -2.37. The Morgan fingerprint density at radius 2 is 1.91 bits per heavy atom. The summed E-state index contributed by atoms with van der Waals surface area (Å²) in [6.07, 6.45) is 2.00. The summed E-state index contributed by atoms with van der Waals surface area (Å²) < 4.78 is 0. The van der Waals surface area contributed by atoms with Crippen LogP contribution in [0, 0.1) is 6.92 Å². The third-order valence-electron chi connectivity index (χ3n) is 3.32. The number of phenolic OH excluding ortho intramolecular Hbond substituents is 1. The van der Waals surface area contributed by atoms with Gasteiger partial charge >= 0.3 is 0 Å². The summed E-state index contributed by atoms with van der Waals surface area (Å²) in [6, 6.07) is 11.7. The fourth-order valence-corrected chi connectivity index (χ4v) is 2.96. The van der Waals surface area contributed by atoms with Crippen molar-refractivity contribution >= 4 is 17.3 Å². The predicted octanol–water partition coefficient (Wildman–Crippen LogP) is 3.06. The van der Waals surface area contributed by atoms with E-state index in [1.165, 1.54) is 15.3 Å². The van der Waals surface area contributed by atoms with Crippen LogP contribution in [0.15, 0.2) is 41.4 Å². The Morgan fingerprint density at radius 3 is 2.55 bits per heavy atom. The molecule has 1 heterocycles. The summed E-state index contributed by atoms with van der Waals surface area (Å²) in [7, 11) is 1.79. The minimum atomic E-state index is 0.315. The lowest BCUT2D eigenvalue weighted by molar-refractivity contribution is 0.475. The van der Waals surface area contributed by atoms with Gasteiger partial charge in [0, 0.05) is 23.3 Å². The van der Waals surface area contributed by atoms with E-state index in [0.29, 0.717) is 5.75 Å². The van der Waals surface area contributed by atoms with Crippen molar-refractivity contribution < 1.29 is 5.11 Å². The minimum Gasteiger partial charge on any atom is -0.508 e. The first kappa shape index (κ1) is 16.4. The highest BCUT2D eigenvalue weighted by molar-refractivity contribution is 7.11. The molecule has 0 amide bonds. The van der Waals surface area contributed by atoms with Crippen LogP contribution in [-0.2, 0) is 13.0 Å². The number of thiophene rings is 1. The molecule has 0 saturated carbocycles. The molecule has 2 rings (SSSR count). The van der Waals surface area contributed by atoms with Gasteiger partial charge in [0.05, 0.1) is 6.54 Å². The summed E-state index contributed by atoms with van der Waals surface area (Å²) in [5, 5.41) is 15.9. The number of benzene rings is 1. The van der Waals surface area contributed by atoms with Crippen LogP contribution in [0.1, 0.15) is 21.7 Å². The molecule has 0 fully saturated rings. The number of aryl methyl sites for hydroxylation is 2. The molecule has 0 unspecified atom stereocenters. The molecular formula is C17H23N3OS. The molecule has 4 nitrogen and oxygen atoms in total. The maximum absolute atomic E-state index is 9.25. The van der Waals surface area contributed by atoms with Crippen molar-refractivity contribution in [2.75, 3.05) is 13.6 Å². The molecule has 0 aliphatic carbocycles. The first-order valence-corrected chi connectivity index (χ1v) is 8.27. The van der Waals surface area contributed by atoms with Gasteiger partial charge in [-0.2, -0.15) is 0 Å². The van der Waals surface area contributed by atoms with E-state index in [0.717, 1.165) is 31.9 Å². The van der Waals surface area contributed by atoms with Crippen molar-refractivity contribution in [3.63, 3.8) is 0 Å². The number of rotatable bonds is 6. The van der Waals surface area contributed by atoms with Crippen LogP contribution in [0.2, 0.25) is 0 Å². The van der Waals surface area contributed by atoms with Crippen molar-refractivity contribution in [1.82, 2.24) is 10.6 Å². The second-order valence-electron chi connectivity index (χ2n) is 5.13. The van der Waals surface area contributed by atoms with Gasteiger partial charge in [-0.1, -0.05) is 12.1 Å². The molecule has 0 aliphatic rings. The summed E-state index contributed by atoms with van der Waals surface area (Å²) in [4.78, 5) is 6.87. The smallest absolute Gasteiger partial charge is 0.191 e. The first-order chi connectivity index (χ1) is 10.7. The number of guanidine groups is 1. The number of nitrogens with zero attached hydrogens (tertiary/aromatic N) is 1. The van der Waals surface area contributed by atoms with E-state index in [4.69, 9.17) is 0 Å². The van der Waals surface area contributed by atoms with E-state index in [1.54, 1.807) is 30.5 Å². The summed E-state index contributed by atoms with van der Waals surface area (Å²) >= 11 is 1.80. The first-order valence-electron chi connectivity index (χ1n) is 7.45. The average molecular weight is 317 g/mol. The maximum Gasteiger partial charge on any atom is 0.191 e. The normalized spacial score (nSPS) is 11.5. The highest BCUT2D eigenvalue weighted by Gasteiger charge is 2.00. The van der Waals surface area contributed by atoms with Gasteiger partial charge in [-0.05, 0) is 49.6 Å². The monoisotopic (exact) mass is 317 g/mol. The van der Waals surface area contributed by atoms with E-state index < -0.39 is 0 Å². The Balaban J connectivity index is 1.67. The van der Waals surface area contributed by atoms with Gasteiger partial charge in [-0.15, -0.1) is 11.3 Å². The van der Waals surface area contributed by atoms with Gasteiger partial charge in [-0.25, -0.2) is 0 Å². The van der Waals surface area contributed by atoms with Gasteiger partial charge in [0.15, 0.2) is 5.96 Å². The molecule has 22 heavy (non-hydrogen) atoms. The molecular weight excluding hydrogens is 294 g/mol. The van der Waals surface area contributed by atoms with E-state index in [9.17, 15) is 5.11 Å². The number of hydrogen-bond acceptors (Lipinski definition) is 3. The minimum absolute atomic E-state index is 0.315. The van der Waals surface area contributed by atoms with Gasteiger partial charge < -0.3 is 15.7 Å². The van der Waals surface area contributed by atoms with E-state index in [-0.39, 0.29) is 0 Å². The standard InChI is InChI=1S/C17H23N3OS/c1-13-5-10-16(22-13)12-20-17(18-2)19-11-3-4-14-6-8-15(21)9-7-14/h5-10,21H,3-4,11-12H2,1-2H3,(H2,18,19,20). The Hall–Kier alpha value is -2.01. The third kappa shape index (κ3) is 5.41. The van der Waals surface area contributed by atoms with Crippen molar-refractivity contribution in [3.05, 3.63) is 51.7 Å². The number of nitrogens with one attached hydrogen (secondary N) is 2. The average Bonchev–Trinajstić information content (AvgIpc) is 2.94. The number of phenols is 1. The van der Waals surface area contributed by atoms with E-state index >= 15 is 0 Å². The van der Waals surface area contributed by atoms with E-state index in [1.807, 2.05) is 12.1 Å².